The lowest BCUT2D eigenvalue weighted by atomic mass is 10.1. The predicted molar refractivity (Wildman–Crippen MR) is 91.4 cm³/mol. The number of amides is 2. The largest absolute Gasteiger partial charge is 0.347 e. The molecule has 6 nitrogen and oxygen atoms in total. The van der Waals surface area contributed by atoms with Gasteiger partial charge in [0.2, 0.25) is 5.79 Å². The Hall–Kier alpha value is -1.31. The number of carbonyl (C=O) groups excluding carboxylic acids is 1. The van der Waals surface area contributed by atoms with Crippen LogP contribution in [0.3, 0.4) is 0 Å². The van der Waals surface area contributed by atoms with Crippen molar-refractivity contribution >= 4 is 17.8 Å². The molecular weight excluding hydrogens is 314 g/mol. The highest BCUT2D eigenvalue weighted by Gasteiger charge is 2.34. The van der Waals surface area contributed by atoms with E-state index in [9.17, 15) is 4.79 Å². The van der Waals surface area contributed by atoms with Gasteiger partial charge in [0.05, 0.1) is 6.54 Å². The van der Waals surface area contributed by atoms with Crippen molar-refractivity contribution < 1.29 is 14.3 Å². The summed E-state index contributed by atoms with van der Waals surface area (Å²) in [5, 5.41) is 3.52. The van der Waals surface area contributed by atoms with E-state index in [1.807, 2.05) is 34.9 Å². The lowest BCUT2D eigenvalue weighted by molar-refractivity contribution is -0.213. The third-order valence-corrected chi connectivity index (χ3v) is 5.27. The Balaban J connectivity index is 2.00. The third-order valence-electron chi connectivity index (χ3n) is 4.04. The van der Waals surface area contributed by atoms with Gasteiger partial charge in [-0.1, -0.05) is 13.0 Å². The summed E-state index contributed by atoms with van der Waals surface area (Å²) in [5.74, 6) is -0.112. The maximum atomic E-state index is 12.4. The molecule has 1 N–H and O–H groups in total. The zero-order valence-electron chi connectivity index (χ0n) is 13.9. The average molecular weight is 339 g/mol. The Morgan fingerprint density at radius 1 is 1.43 bits per heavy atom. The average Bonchev–Trinajstić information content (AvgIpc) is 2.82. The van der Waals surface area contributed by atoms with Gasteiger partial charge in [-0.3, -0.25) is 4.98 Å². The number of nitrogens with one attached hydrogen (secondary N) is 1. The number of hydrogen-bond donors (Lipinski definition) is 1. The maximum absolute atomic E-state index is 12.4. The number of rotatable bonds is 5. The molecule has 2 amide bonds. The first kappa shape index (κ1) is 18.0. The van der Waals surface area contributed by atoms with E-state index in [1.54, 1.807) is 20.4 Å². The zero-order chi connectivity index (χ0) is 16.7. The maximum Gasteiger partial charge on any atom is 0.317 e. The highest BCUT2D eigenvalue weighted by Crippen LogP contribution is 2.23. The summed E-state index contributed by atoms with van der Waals surface area (Å²) in [6.07, 6.45) is 2.69. The van der Waals surface area contributed by atoms with Crippen LogP contribution in [0.2, 0.25) is 0 Å². The Kier molecular flexibility index (Phi) is 6.68. The minimum Gasteiger partial charge on any atom is -0.347 e. The fraction of sp³-hybridized carbons (Fsp3) is 0.625. The first-order valence-corrected chi connectivity index (χ1v) is 8.82. The summed E-state index contributed by atoms with van der Waals surface area (Å²) >= 11 is 1.91. The van der Waals surface area contributed by atoms with Crippen LogP contribution < -0.4 is 5.32 Å². The van der Waals surface area contributed by atoms with Crippen molar-refractivity contribution in [2.45, 2.75) is 24.4 Å². The van der Waals surface area contributed by atoms with E-state index in [-0.39, 0.29) is 12.6 Å². The lowest BCUT2D eigenvalue weighted by Gasteiger charge is -2.31. The second-order valence-electron chi connectivity index (χ2n) is 5.49. The number of nitrogens with zero attached hydrogens (tertiary/aromatic N) is 2. The Morgan fingerprint density at radius 2 is 2.22 bits per heavy atom. The first-order chi connectivity index (χ1) is 11.1. The summed E-state index contributed by atoms with van der Waals surface area (Å²) in [7, 11) is 3.10. The molecule has 0 saturated carbocycles. The highest BCUT2D eigenvalue weighted by molar-refractivity contribution is 7.99. The van der Waals surface area contributed by atoms with Gasteiger partial charge in [0, 0.05) is 44.5 Å². The molecule has 0 spiro atoms. The van der Waals surface area contributed by atoms with Gasteiger partial charge >= 0.3 is 6.03 Å². The summed E-state index contributed by atoms with van der Waals surface area (Å²) in [6.45, 7) is 3.94. The smallest absolute Gasteiger partial charge is 0.317 e. The standard InChI is InChI=1S/C16H25N3O3S/c1-13-7-9-19(10-11-23-13)15(20)18-12-16(21-2,22-3)14-6-4-5-8-17-14/h4-6,8,13H,7,9-12H2,1-3H3,(H,18,20). The van der Waals surface area contributed by atoms with Crippen molar-refractivity contribution in [1.82, 2.24) is 15.2 Å². The molecule has 23 heavy (non-hydrogen) atoms. The summed E-state index contributed by atoms with van der Waals surface area (Å²) in [4.78, 5) is 18.6. The van der Waals surface area contributed by atoms with Crippen LogP contribution in [0.25, 0.3) is 0 Å². The highest BCUT2D eigenvalue weighted by atomic mass is 32.2. The van der Waals surface area contributed by atoms with Gasteiger partial charge in [-0.05, 0) is 18.6 Å². The molecule has 0 aliphatic carbocycles. The SMILES string of the molecule is COC(CNC(=O)N1CCSC(C)CC1)(OC)c1ccccn1. The van der Waals surface area contributed by atoms with E-state index in [0.29, 0.717) is 10.9 Å². The molecule has 1 unspecified atom stereocenters. The van der Waals surface area contributed by atoms with Crippen LogP contribution in [0.4, 0.5) is 4.79 Å². The van der Waals surface area contributed by atoms with E-state index in [2.05, 4.69) is 17.2 Å². The minimum absolute atomic E-state index is 0.0888. The second-order valence-corrected chi connectivity index (χ2v) is 7.04. The third kappa shape index (κ3) is 4.59. The molecule has 2 rings (SSSR count). The number of aromatic nitrogens is 1. The van der Waals surface area contributed by atoms with Gasteiger partial charge in [0.25, 0.3) is 0 Å². The number of carbonyl (C=O) groups is 1. The van der Waals surface area contributed by atoms with Gasteiger partial charge in [-0.2, -0.15) is 11.8 Å². The zero-order valence-corrected chi connectivity index (χ0v) is 14.8. The molecule has 1 fully saturated rings. The van der Waals surface area contributed by atoms with Crippen molar-refractivity contribution in [3.05, 3.63) is 30.1 Å². The van der Waals surface area contributed by atoms with Crippen LogP contribution in [-0.4, -0.2) is 60.8 Å². The second kappa shape index (κ2) is 8.52. The molecule has 1 aliphatic rings. The minimum atomic E-state index is -1.08. The molecule has 7 heteroatoms. The molecule has 0 bridgehead atoms. The van der Waals surface area contributed by atoms with E-state index < -0.39 is 5.79 Å². The molecule has 1 atom stereocenters. The van der Waals surface area contributed by atoms with Crippen LogP contribution in [0.15, 0.2) is 24.4 Å². The van der Waals surface area contributed by atoms with Gasteiger partial charge in [-0.25, -0.2) is 4.79 Å². The molecule has 1 aromatic heterocycles. The quantitative estimate of drug-likeness (QED) is 0.832. The Bertz CT molecular complexity index is 497. The van der Waals surface area contributed by atoms with Gasteiger partial charge in [0.15, 0.2) is 0 Å². The molecule has 1 aliphatic heterocycles. The van der Waals surface area contributed by atoms with Crippen LogP contribution >= 0.6 is 11.8 Å². The van der Waals surface area contributed by atoms with Gasteiger partial charge in [-0.15, -0.1) is 0 Å². The summed E-state index contributed by atoms with van der Waals surface area (Å²) < 4.78 is 11.1. The van der Waals surface area contributed by atoms with E-state index >= 15 is 0 Å². The fourth-order valence-corrected chi connectivity index (χ4v) is 3.52. The van der Waals surface area contributed by atoms with E-state index in [4.69, 9.17) is 9.47 Å². The van der Waals surface area contributed by atoms with Crippen LogP contribution in [0.1, 0.15) is 19.0 Å². The van der Waals surface area contributed by atoms with Crippen molar-refractivity contribution in [2.75, 3.05) is 39.6 Å². The van der Waals surface area contributed by atoms with Crippen molar-refractivity contribution in [3.8, 4) is 0 Å². The van der Waals surface area contributed by atoms with Crippen molar-refractivity contribution in [1.29, 1.82) is 0 Å². The Morgan fingerprint density at radius 3 is 2.87 bits per heavy atom. The number of hydrogen-bond acceptors (Lipinski definition) is 5. The van der Waals surface area contributed by atoms with E-state index in [0.717, 1.165) is 25.3 Å². The Labute approximate surface area is 141 Å². The molecule has 128 valence electrons. The molecular formula is C16H25N3O3S. The molecule has 1 saturated heterocycles. The topological polar surface area (TPSA) is 63.7 Å². The van der Waals surface area contributed by atoms with E-state index in [1.165, 1.54) is 0 Å². The lowest BCUT2D eigenvalue weighted by Crippen LogP contribution is -2.49. The number of methoxy groups -OCH3 is 2. The number of urea groups is 1. The number of pyridine rings is 1. The molecule has 0 aromatic carbocycles. The van der Waals surface area contributed by atoms with Crippen molar-refractivity contribution in [3.63, 3.8) is 0 Å². The number of thioether (sulfide) groups is 1. The molecule has 2 heterocycles. The molecule has 0 radical (unpaired) electrons. The monoisotopic (exact) mass is 339 g/mol. The van der Waals surface area contributed by atoms with Crippen LogP contribution in [0.5, 0.6) is 0 Å². The summed E-state index contributed by atoms with van der Waals surface area (Å²) in [5.41, 5.74) is 0.630. The van der Waals surface area contributed by atoms with Crippen LogP contribution in [0, 0.1) is 0 Å². The summed E-state index contributed by atoms with van der Waals surface area (Å²) in [6, 6.07) is 5.43. The van der Waals surface area contributed by atoms with Crippen LogP contribution in [-0.2, 0) is 15.3 Å². The van der Waals surface area contributed by atoms with Gasteiger partial charge < -0.3 is 19.7 Å². The number of ether oxygens (including phenoxy) is 2. The molecule has 1 aromatic rings. The first-order valence-electron chi connectivity index (χ1n) is 7.77. The fourth-order valence-electron chi connectivity index (χ4n) is 2.52. The predicted octanol–water partition coefficient (Wildman–Crippen LogP) is 2.06. The van der Waals surface area contributed by atoms with Crippen molar-refractivity contribution in [2.24, 2.45) is 0 Å². The normalized spacial score (nSPS) is 19.3. The van der Waals surface area contributed by atoms with Gasteiger partial charge in [0.1, 0.15) is 5.69 Å².